The third kappa shape index (κ3) is 21.4. The molecule has 25 heteroatoms. The number of nitrogens with zero attached hydrogens (tertiary/aromatic N) is 2. The molecule has 3 N–H and O–H groups in total. The van der Waals surface area contributed by atoms with Gasteiger partial charge in [0.05, 0.1) is 42.0 Å². The number of hydrogen-bond donors (Lipinski definition) is 3. The van der Waals surface area contributed by atoms with E-state index in [2.05, 4.69) is 13.2 Å². The van der Waals surface area contributed by atoms with Crippen molar-refractivity contribution in [2.45, 2.75) is 277 Å². The number of cyclic esters (lactones) is 2. The minimum Gasteiger partial charge on any atom is -0.504 e. The molecule has 0 aromatic rings. The van der Waals surface area contributed by atoms with E-state index in [1.54, 1.807) is 72.0 Å². The molecule has 626 valence electrons. The number of hydrogen-bond acceptors (Lipinski definition) is 24. The molecule has 25 nitrogen and oxygen atoms in total. The molecule has 2 bridgehead atoms. The summed E-state index contributed by atoms with van der Waals surface area (Å²) in [5.41, 5.74) is -0.613. The van der Waals surface area contributed by atoms with Crippen molar-refractivity contribution in [3.8, 4) is 0 Å². The topological polar surface area (TPSA) is 330 Å². The number of unbranched alkanes of at least 4 members (excludes halogenated alkanes) is 3. The number of esters is 5. The van der Waals surface area contributed by atoms with E-state index in [1.807, 2.05) is 58.1 Å². The first-order valence-electron chi connectivity index (χ1n) is 40.8. The van der Waals surface area contributed by atoms with Gasteiger partial charge in [-0.05, 0) is 157 Å². The second kappa shape index (κ2) is 40.9. The molecule has 0 radical (unpaired) electrons. The summed E-state index contributed by atoms with van der Waals surface area (Å²) in [5, 5.41) is 35.1. The number of amides is 1. The second-order valence-electron chi connectivity index (χ2n) is 33.4. The van der Waals surface area contributed by atoms with Crippen molar-refractivity contribution in [2.75, 3.05) is 54.7 Å². The van der Waals surface area contributed by atoms with Crippen molar-refractivity contribution < 1.29 is 111 Å². The zero-order valence-corrected chi connectivity index (χ0v) is 69.1. The number of ketones is 4. The highest BCUT2D eigenvalue weighted by Gasteiger charge is 2.66. The first-order valence-corrected chi connectivity index (χ1v) is 40.8. The summed E-state index contributed by atoms with van der Waals surface area (Å²) in [5.74, 6) is -13.6. The van der Waals surface area contributed by atoms with Crippen LogP contribution >= 0.6 is 0 Å². The number of piperidine rings is 1. The molecule has 0 aromatic heterocycles. The minimum atomic E-state index is -2.50. The zero-order chi connectivity index (χ0) is 83.0. The highest BCUT2D eigenvalue weighted by molar-refractivity contribution is 6.39. The van der Waals surface area contributed by atoms with E-state index >= 15 is 0 Å². The normalized spacial score (nSPS) is 36.2. The quantitative estimate of drug-likeness (QED) is 0.0214. The summed E-state index contributed by atoms with van der Waals surface area (Å²) in [7, 11) is 5.91. The van der Waals surface area contributed by atoms with E-state index in [0.717, 1.165) is 10.5 Å². The van der Waals surface area contributed by atoms with Crippen molar-refractivity contribution in [2.24, 2.45) is 52.3 Å². The Morgan fingerprint density at radius 2 is 1.46 bits per heavy atom. The van der Waals surface area contributed by atoms with E-state index in [-0.39, 0.29) is 91.8 Å². The fraction of sp³-hybridized carbons (Fsp3) is 0.682. The molecule has 113 heavy (non-hydrogen) atoms. The van der Waals surface area contributed by atoms with Gasteiger partial charge in [-0.1, -0.05) is 103 Å². The number of carbonyl (C=O) groups excluding carboxylic acids is 10. The third-order valence-electron chi connectivity index (χ3n) is 25.2. The third-order valence-corrected chi connectivity index (χ3v) is 25.2. The van der Waals surface area contributed by atoms with Crippen LogP contribution in [0.5, 0.6) is 0 Å². The monoisotopic (exact) mass is 1580 g/mol. The molecule has 4 heterocycles. The first-order chi connectivity index (χ1) is 53.6. The van der Waals surface area contributed by atoms with Crippen LogP contribution in [0, 0.1) is 52.3 Å². The van der Waals surface area contributed by atoms with Gasteiger partial charge in [0.1, 0.15) is 36.2 Å². The van der Waals surface area contributed by atoms with Crippen LogP contribution < -0.4 is 0 Å². The molecule has 1 amide bonds. The molecule has 4 aliphatic heterocycles. The van der Waals surface area contributed by atoms with E-state index in [0.29, 0.717) is 121 Å². The minimum absolute atomic E-state index is 0.0175. The van der Waals surface area contributed by atoms with Crippen LogP contribution in [-0.4, -0.2) is 212 Å². The molecule has 5 fully saturated rings. The lowest BCUT2D eigenvalue weighted by molar-refractivity contribution is -0.265. The summed E-state index contributed by atoms with van der Waals surface area (Å²) in [6.07, 6.45) is 14.1. The summed E-state index contributed by atoms with van der Waals surface area (Å²) in [4.78, 5) is 147. The largest absolute Gasteiger partial charge is 0.504 e. The Morgan fingerprint density at radius 1 is 0.770 bits per heavy atom. The number of aliphatic hydroxyl groups is 3. The van der Waals surface area contributed by atoms with Gasteiger partial charge in [-0.2, -0.15) is 0 Å². The lowest BCUT2D eigenvalue weighted by atomic mass is 9.53. The van der Waals surface area contributed by atoms with Crippen molar-refractivity contribution in [1.29, 1.82) is 0 Å². The number of aliphatic hydroxyl groups excluding tert-OH is 2. The Hall–Kier alpha value is -7.52. The zero-order valence-electron chi connectivity index (χ0n) is 69.1. The van der Waals surface area contributed by atoms with Gasteiger partial charge in [0.2, 0.25) is 11.6 Å². The van der Waals surface area contributed by atoms with Crippen molar-refractivity contribution in [3.05, 3.63) is 107 Å². The Balaban J connectivity index is 0.988. The molecule has 8 rings (SSSR count). The number of rotatable bonds is 23. The molecule has 4 aliphatic carbocycles. The number of ether oxygens (including phenoxy) is 10. The van der Waals surface area contributed by atoms with Crippen LogP contribution in [0.25, 0.3) is 0 Å². The molecule has 8 aliphatic rings. The predicted octanol–water partition coefficient (Wildman–Crippen LogP) is 11.6. The lowest BCUT2D eigenvalue weighted by Gasteiger charge is -2.54. The molecule has 2 saturated carbocycles. The number of carbonyl (C=O) groups is 10. The molecular formula is C88H126N2O23. The summed E-state index contributed by atoms with van der Waals surface area (Å²) in [6.45, 7) is 25.6. The number of fused-ring (bicyclic) bond motifs is 7. The van der Waals surface area contributed by atoms with E-state index in [1.165, 1.54) is 27.3 Å². The molecular weight excluding hydrogens is 1450 g/mol. The highest BCUT2D eigenvalue weighted by atomic mass is 16.6. The number of methoxy groups -OCH3 is 4. The van der Waals surface area contributed by atoms with Crippen molar-refractivity contribution in [1.82, 2.24) is 9.80 Å². The molecule has 0 spiro atoms. The van der Waals surface area contributed by atoms with Gasteiger partial charge < -0.3 is 72.5 Å². The van der Waals surface area contributed by atoms with Gasteiger partial charge in [0, 0.05) is 121 Å². The molecule has 3 saturated heterocycles. The van der Waals surface area contributed by atoms with E-state index < -0.39 is 166 Å². The standard InChI is InChI=1S/C88H126N2O23/c1-17-39-89(40-18-2)49-61-75-79(98)78(97)74-62-36-38-70(86(62,11)48-69(108-58(10)91)76(74)87(75,12)71(50-104-13)111-84(61)101)110-72(94)31-24-19-20-25-32-73(95)112-80-56(8)43-53(5)65(93)47-67(54(6)44-59-34-37-64(92)68(45-59)106-15)109-85(102)63-30-26-27-41-90(63)83(100)82(99)88(103)57(9)33-35-60(113-88)46-66(105-14)52(4)29-23-21-22-28-51(3)42-55(7)77(96)81(80)107-16/h17-18,21-23,28-29,43,49,51,53-55,57,59-60,62-64,66-71,80-81,92,98,103H,1-2,19-20,24-27,30-42,44-48,50H2,3-16H3/b23-21+,28-22+,52-29+,56-43+,61-49-/t51-,53-,54-,55-,57-,59+,60+,62+,63+,64-,66+,67+,68-,69-,70+,71-,80-,81+,86+,87+,88-/m1/s1. The van der Waals surface area contributed by atoms with Gasteiger partial charge in [-0.25, -0.2) is 9.59 Å². The van der Waals surface area contributed by atoms with Crippen molar-refractivity contribution >= 4 is 58.9 Å². The predicted molar refractivity (Wildman–Crippen MR) is 419 cm³/mol. The van der Waals surface area contributed by atoms with Crippen LogP contribution in [0.3, 0.4) is 0 Å². The van der Waals surface area contributed by atoms with Crippen LogP contribution in [-0.2, 0) is 95.3 Å². The van der Waals surface area contributed by atoms with Gasteiger partial charge >= 0.3 is 29.8 Å². The fourth-order valence-corrected chi connectivity index (χ4v) is 18.7. The summed E-state index contributed by atoms with van der Waals surface area (Å²) < 4.78 is 60.6. The highest BCUT2D eigenvalue weighted by Crippen LogP contribution is 2.64. The second-order valence-corrected chi connectivity index (χ2v) is 33.4. The van der Waals surface area contributed by atoms with Crippen LogP contribution in [0.4, 0.5) is 0 Å². The van der Waals surface area contributed by atoms with Gasteiger partial charge in [-0.3, -0.25) is 38.4 Å². The van der Waals surface area contributed by atoms with E-state index in [9.17, 15) is 63.3 Å². The molecule has 0 aromatic carbocycles. The number of allylic oxidation sites excluding steroid dienone is 7. The van der Waals surface area contributed by atoms with Crippen LogP contribution in [0.2, 0.25) is 0 Å². The van der Waals surface area contributed by atoms with E-state index in [4.69, 9.17) is 47.4 Å². The lowest BCUT2D eigenvalue weighted by Crippen LogP contribution is -2.61. The van der Waals surface area contributed by atoms with Gasteiger partial charge in [-0.15, -0.1) is 13.2 Å². The fourth-order valence-electron chi connectivity index (χ4n) is 18.7. The molecule has 21 atom stereocenters. The SMILES string of the molecule is C=CCN(/C=C1\C(=O)O[C@H](COC)[C@@]2(C)C1=C(O)C(=O)C1=C2[C@H](OC(C)=O)C[C@]2(C)[C@@H](OC(=O)CCCCCCC(=O)O[C@@H]3/C(C)=C/[C@@H](C)C(=O)C[C@@H]([C@H](C)C[C@@H]4CC[C@@H](O)[C@H](OC)C4)OC(=O)[C@@H]4CCCCN4C(=O)C(=O)[C@]4(O)O[C@@H](CC[C@H]4C)C[C@H](OC)/C(C)=C/C=C/C=C/[C@@H](C)C[C@@H](C)C(=O)[C@@H]3OC)CC[C@@H]12)CC=C. The maximum atomic E-state index is 14.9. The molecule has 0 unspecified atom stereocenters. The smallest absolute Gasteiger partial charge is 0.340 e. The Kier molecular flexibility index (Phi) is 32.9. The average molecular weight is 1580 g/mol. The maximum absolute atomic E-state index is 14.9. The van der Waals surface area contributed by atoms with Gasteiger partial charge in [0.25, 0.3) is 11.7 Å². The van der Waals surface area contributed by atoms with Crippen LogP contribution in [0.1, 0.15) is 204 Å². The Morgan fingerprint density at radius 3 is 2.11 bits per heavy atom. The van der Waals surface area contributed by atoms with Gasteiger partial charge in [0.15, 0.2) is 23.8 Å². The first kappa shape index (κ1) is 91.0. The maximum Gasteiger partial charge on any atom is 0.340 e. The summed E-state index contributed by atoms with van der Waals surface area (Å²) in [6, 6.07) is -1.23. The average Bonchev–Trinajstić information content (AvgIpc) is 1.66. The Bertz CT molecular complexity index is 3700. The van der Waals surface area contributed by atoms with Crippen LogP contribution in [0.15, 0.2) is 107 Å². The number of Topliss-reactive ketones (excluding diaryl/α,β-unsaturated/α-hetero) is 4. The summed E-state index contributed by atoms with van der Waals surface area (Å²) >= 11 is 0. The Labute approximate surface area is 667 Å². The van der Waals surface area contributed by atoms with Crippen molar-refractivity contribution in [3.63, 3.8) is 0 Å².